The normalized spacial score (nSPS) is 21.2. The van der Waals surface area contributed by atoms with Crippen molar-refractivity contribution in [1.82, 2.24) is 0 Å². The molecule has 1 N–H and O–H groups in total. The number of carboxylic acid groups (broad SMARTS) is 1. The van der Waals surface area contributed by atoms with Crippen molar-refractivity contribution in [3.63, 3.8) is 0 Å². The fourth-order valence-corrected chi connectivity index (χ4v) is 4.42. The Morgan fingerprint density at radius 3 is 2.32 bits per heavy atom. The summed E-state index contributed by atoms with van der Waals surface area (Å²) in [6.45, 7) is 9.51. The third-order valence-electron chi connectivity index (χ3n) is 6.22. The SMILES string of the molecule is CC(C)(C)COC(=O)C#C[C@H]1C(C)(C)[C@]1(C(=O)O)[C@@H](C#N)c1cccc(Oc2ccccc2)c1. The van der Waals surface area contributed by atoms with Crippen LogP contribution in [-0.2, 0) is 14.3 Å². The minimum atomic E-state index is -1.48. The van der Waals surface area contributed by atoms with E-state index in [4.69, 9.17) is 9.47 Å². The highest BCUT2D eigenvalue weighted by molar-refractivity contribution is 5.90. The van der Waals surface area contributed by atoms with Crippen molar-refractivity contribution >= 4 is 11.9 Å². The topological polar surface area (TPSA) is 96.6 Å². The lowest BCUT2D eigenvalue weighted by Crippen LogP contribution is -2.28. The fourth-order valence-electron chi connectivity index (χ4n) is 4.42. The molecule has 3 rings (SSSR count). The fraction of sp³-hybridized carbons (Fsp3) is 0.393. The molecule has 1 fully saturated rings. The van der Waals surface area contributed by atoms with Gasteiger partial charge in [-0.1, -0.05) is 70.9 Å². The van der Waals surface area contributed by atoms with Crippen molar-refractivity contribution in [2.24, 2.45) is 22.2 Å². The number of nitrogens with zero attached hydrogens (tertiary/aromatic N) is 1. The highest BCUT2D eigenvalue weighted by Gasteiger charge is 2.79. The zero-order valence-electron chi connectivity index (χ0n) is 20.1. The molecule has 1 saturated carbocycles. The van der Waals surface area contributed by atoms with Gasteiger partial charge in [-0.05, 0) is 40.7 Å². The van der Waals surface area contributed by atoms with Crippen LogP contribution in [0.25, 0.3) is 0 Å². The minimum absolute atomic E-state index is 0.202. The van der Waals surface area contributed by atoms with Crippen LogP contribution in [0, 0.1) is 45.3 Å². The van der Waals surface area contributed by atoms with Crippen LogP contribution < -0.4 is 4.74 Å². The first kappa shape index (κ1) is 24.9. The summed E-state index contributed by atoms with van der Waals surface area (Å²) in [6.07, 6.45) is 0. The van der Waals surface area contributed by atoms with Gasteiger partial charge in [-0.15, -0.1) is 0 Å². The van der Waals surface area contributed by atoms with E-state index < -0.39 is 34.6 Å². The molecular weight excluding hydrogens is 430 g/mol. The van der Waals surface area contributed by atoms with Crippen LogP contribution >= 0.6 is 0 Å². The zero-order valence-corrected chi connectivity index (χ0v) is 20.1. The van der Waals surface area contributed by atoms with E-state index in [1.165, 1.54) is 0 Å². The Bertz CT molecular complexity index is 1180. The number of ether oxygens (including phenoxy) is 2. The van der Waals surface area contributed by atoms with Crippen molar-refractivity contribution in [2.45, 2.75) is 40.5 Å². The number of carboxylic acids is 1. The molecule has 0 amide bonds. The molecular formula is C28H29NO5. The van der Waals surface area contributed by atoms with Crippen LogP contribution in [-0.4, -0.2) is 23.7 Å². The number of benzene rings is 2. The molecule has 0 radical (unpaired) electrons. The number of rotatable bonds is 6. The average Bonchev–Trinajstić information content (AvgIpc) is 3.27. The van der Waals surface area contributed by atoms with Crippen molar-refractivity contribution in [1.29, 1.82) is 5.26 Å². The van der Waals surface area contributed by atoms with Crippen LogP contribution in [0.2, 0.25) is 0 Å². The van der Waals surface area contributed by atoms with Gasteiger partial charge in [-0.25, -0.2) is 4.79 Å². The number of esters is 1. The molecule has 6 heteroatoms. The first-order valence-electron chi connectivity index (χ1n) is 11.1. The van der Waals surface area contributed by atoms with Gasteiger partial charge in [0.05, 0.1) is 18.6 Å². The number of hydrogen-bond donors (Lipinski definition) is 1. The number of carbonyl (C=O) groups excluding carboxylic acids is 1. The van der Waals surface area contributed by atoms with E-state index in [1.807, 2.05) is 51.1 Å². The standard InChI is InChI=1S/C28H29NO5/c1-26(2,3)18-33-24(30)15-14-23-27(4,5)28(23,25(31)32)22(17-29)19-10-9-13-21(16-19)34-20-11-7-6-8-12-20/h6-13,16,22-23H,18H2,1-5H3,(H,31,32)/t22-,23-,28+/m0/s1. The summed E-state index contributed by atoms with van der Waals surface area (Å²) in [5.74, 6) is 2.85. The average molecular weight is 460 g/mol. The monoisotopic (exact) mass is 459 g/mol. The van der Waals surface area contributed by atoms with Gasteiger partial charge in [-0.3, -0.25) is 4.79 Å². The summed E-state index contributed by atoms with van der Waals surface area (Å²) in [6, 6.07) is 18.3. The van der Waals surface area contributed by atoms with Crippen LogP contribution in [0.5, 0.6) is 11.5 Å². The molecule has 1 aliphatic carbocycles. The maximum absolute atomic E-state index is 12.6. The summed E-state index contributed by atoms with van der Waals surface area (Å²) in [5.41, 5.74) is -2.01. The Kier molecular flexibility index (Phi) is 6.75. The van der Waals surface area contributed by atoms with Gasteiger partial charge >= 0.3 is 11.9 Å². The summed E-state index contributed by atoms with van der Waals surface area (Å²) in [7, 11) is 0. The molecule has 3 atom stereocenters. The molecule has 176 valence electrons. The maximum atomic E-state index is 12.6. The quantitative estimate of drug-likeness (QED) is 0.353. The summed E-state index contributed by atoms with van der Waals surface area (Å²) < 4.78 is 11.1. The third kappa shape index (κ3) is 4.77. The van der Waals surface area contributed by atoms with E-state index in [0.717, 1.165) is 0 Å². The Morgan fingerprint density at radius 2 is 1.74 bits per heavy atom. The van der Waals surface area contributed by atoms with Gasteiger partial charge < -0.3 is 14.6 Å². The van der Waals surface area contributed by atoms with Crippen molar-refractivity contribution in [3.05, 3.63) is 60.2 Å². The summed E-state index contributed by atoms with van der Waals surface area (Å²) in [5, 5.41) is 20.4. The smallest absolute Gasteiger partial charge is 0.384 e. The van der Waals surface area contributed by atoms with E-state index in [-0.39, 0.29) is 12.0 Å². The predicted octanol–water partition coefficient (Wildman–Crippen LogP) is 5.41. The lowest BCUT2D eigenvalue weighted by atomic mass is 9.78. The molecule has 0 bridgehead atoms. The highest BCUT2D eigenvalue weighted by atomic mass is 16.5. The number of aliphatic carboxylic acids is 1. The Balaban J connectivity index is 1.91. The molecule has 34 heavy (non-hydrogen) atoms. The second-order valence-corrected chi connectivity index (χ2v) is 10.3. The molecule has 0 spiro atoms. The molecule has 0 unspecified atom stereocenters. The Morgan fingerprint density at radius 1 is 1.09 bits per heavy atom. The zero-order chi connectivity index (χ0) is 25.1. The van der Waals surface area contributed by atoms with E-state index in [2.05, 4.69) is 17.9 Å². The highest BCUT2D eigenvalue weighted by Crippen LogP contribution is 2.74. The van der Waals surface area contributed by atoms with Crippen LogP contribution in [0.3, 0.4) is 0 Å². The second kappa shape index (κ2) is 9.23. The molecule has 1 aliphatic rings. The van der Waals surface area contributed by atoms with Gasteiger partial charge in [0.2, 0.25) is 0 Å². The van der Waals surface area contributed by atoms with E-state index in [9.17, 15) is 20.0 Å². The molecule has 0 aromatic heterocycles. The Labute approximate surface area is 200 Å². The largest absolute Gasteiger partial charge is 0.481 e. The van der Waals surface area contributed by atoms with E-state index in [1.54, 1.807) is 38.1 Å². The second-order valence-electron chi connectivity index (χ2n) is 10.3. The van der Waals surface area contributed by atoms with Gasteiger partial charge in [0.25, 0.3) is 0 Å². The van der Waals surface area contributed by atoms with Crippen LogP contribution in [0.15, 0.2) is 54.6 Å². The first-order valence-corrected chi connectivity index (χ1v) is 11.1. The van der Waals surface area contributed by atoms with Crippen LogP contribution in [0.1, 0.15) is 46.1 Å². The predicted molar refractivity (Wildman–Crippen MR) is 127 cm³/mol. The van der Waals surface area contributed by atoms with E-state index in [0.29, 0.717) is 17.1 Å². The lowest BCUT2D eigenvalue weighted by Gasteiger charge is -2.22. The minimum Gasteiger partial charge on any atom is -0.481 e. The molecule has 6 nitrogen and oxygen atoms in total. The number of nitriles is 1. The first-order chi connectivity index (χ1) is 15.9. The van der Waals surface area contributed by atoms with Crippen molar-refractivity contribution < 1.29 is 24.2 Å². The van der Waals surface area contributed by atoms with Crippen molar-refractivity contribution in [2.75, 3.05) is 6.61 Å². The van der Waals surface area contributed by atoms with Gasteiger partial charge in [0, 0.05) is 11.8 Å². The number of carbonyl (C=O) groups is 2. The summed E-state index contributed by atoms with van der Waals surface area (Å²) >= 11 is 0. The summed E-state index contributed by atoms with van der Waals surface area (Å²) in [4.78, 5) is 24.7. The molecule has 0 heterocycles. The maximum Gasteiger partial charge on any atom is 0.384 e. The molecule has 2 aromatic carbocycles. The molecule has 2 aromatic rings. The number of para-hydroxylation sites is 1. The van der Waals surface area contributed by atoms with Crippen LogP contribution in [0.4, 0.5) is 0 Å². The Hall–Kier alpha value is -3.77. The number of hydrogen-bond acceptors (Lipinski definition) is 5. The lowest BCUT2D eigenvalue weighted by molar-refractivity contribution is -0.145. The van der Waals surface area contributed by atoms with Crippen molar-refractivity contribution in [3.8, 4) is 29.4 Å². The van der Waals surface area contributed by atoms with Gasteiger partial charge in [-0.2, -0.15) is 5.26 Å². The third-order valence-corrected chi connectivity index (χ3v) is 6.22. The van der Waals surface area contributed by atoms with Gasteiger partial charge in [0.1, 0.15) is 16.9 Å². The van der Waals surface area contributed by atoms with E-state index >= 15 is 0 Å². The molecule has 0 saturated heterocycles. The van der Waals surface area contributed by atoms with Gasteiger partial charge in [0.15, 0.2) is 0 Å². The molecule has 0 aliphatic heterocycles.